The van der Waals surface area contributed by atoms with Gasteiger partial charge < -0.3 is 10.0 Å². The van der Waals surface area contributed by atoms with Gasteiger partial charge >= 0.3 is 5.97 Å². The van der Waals surface area contributed by atoms with Crippen LogP contribution in [0.4, 0.5) is 0 Å². The van der Waals surface area contributed by atoms with E-state index in [9.17, 15) is 9.59 Å². The van der Waals surface area contributed by atoms with Gasteiger partial charge in [-0.1, -0.05) is 6.08 Å². The molecule has 68 valence electrons. The third-order valence-electron chi connectivity index (χ3n) is 1.28. The number of carboxylic acid groups (broad SMARTS) is 1. The second kappa shape index (κ2) is 5.35. The average molecular weight is 171 g/mol. The summed E-state index contributed by atoms with van der Waals surface area (Å²) < 4.78 is 0. The Labute approximate surface area is 71.5 Å². The molecule has 0 aromatic heterocycles. The lowest BCUT2D eigenvalue weighted by Gasteiger charge is -2.07. The monoisotopic (exact) mass is 171 g/mol. The summed E-state index contributed by atoms with van der Waals surface area (Å²) >= 11 is 0. The maximum absolute atomic E-state index is 10.9. The van der Waals surface area contributed by atoms with Crippen LogP contribution in [0.1, 0.15) is 12.8 Å². The number of hydrogen-bond donors (Lipinski definition) is 1. The Morgan fingerprint density at radius 3 is 2.42 bits per heavy atom. The van der Waals surface area contributed by atoms with Crippen LogP contribution >= 0.6 is 0 Å². The van der Waals surface area contributed by atoms with Crippen molar-refractivity contribution in [3.8, 4) is 0 Å². The van der Waals surface area contributed by atoms with Crippen LogP contribution in [0.2, 0.25) is 0 Å². The van der Waals surface area contributed by atoms with Gasteiger partial charge in [0.15, 0.2) is 0 Å². The molecule has 0 aliphatic heterocycles. The molecule has 0 bridgehead atoms. The highest BCUT2D eigenvalue weighted by Gasteiger charge is 2.00. The summed E-state index contributed by atoms with van der Waals surface area (Å²) in [6, 6.07) is 0. The number of carbonyl (C=O) groups excluding carboxylic acids is 1. The van der Waals surface area contributed by atoms with Gasteiger partial charge in [0.25, 0.3) is 0 Å². The van der Waals surface area contributed by atoms with Crippen molar-refractivity contribution in [1.82, 2.24) is 4.90 Å². The summed E-state index contributed by atoms with van der Waals surface area (Å²) in [4.78, 5) is 22.4. The fraction of sp³-hybridized carbons (Fsp3) is 0.500. The zero-order valence-electron chi connectivity index (χ0n) is 7.28. The molecular formula is C8H13NO3. The van der Waals surface area contributed by atoms with E-state index in [-0.39, 0.29) is 5.91 Å². The Bertz CT molecular complexity index is 196. The van der Waals surface area contributed by atoms with E-state index in [1.54, 1.807) is 14.1 Å². The van der Waals surface area contributed by atoms with Crippen molar-refractivity contribution >= 4 is 11.9 Å². The van der Waals surface area contributed by atoms with Crippen molar-refractivity contribution in [3.63, 3.8) is 0 Å². The molecule has 1 N–H and O–H groups in total. The van der Waals surface area contributed by atoms with Crippen LogP contribution in [0.25, 0.3) is 0 Å². The lowest BCUT2D eigenvalue weighted by atomic mass is 10.2. The number of aliphatic carboxylic acids is 1. The molecule has 0 aliphatic carbocycles. The molecule has 0 heterocycles. The molecule has 0 saturated heterocycles. The number of hydrogen-bond acceptors (Lipinski definition) is 2. The van der Waals surface area contributed by atoms with Gasteiger partial charge in [0.05, 0.1) is 0 Å². The van der Waals surface area contributed by atoms with Crippen molar-refractivity contribution in [3.05, 3.63) is 12.2 Å². The molecule has 0 spiro atoms. The predicted molar refractivity (Wildman–Crippen MR) is 44.7 cm³/mol. The second-order valence-corrected chi connectivity index (χ2v) is 2.57. The molecule has 0 aromatic rings. The first-order chi connectivity index (χ1) is 5.54. The smallest absolute Gasteiger partial charge is 0.327 e. The largest absolute Gasteiger partial charge is 0.478 e. The van der Waals surface area contributed by atoms with Crippen LogP contribution in [0.5, 0.6) is 0 Å². The summed E-state index contributed by atoms with van der Waals surface area (Å²) in [7, 11) is 3.34. The maximum atomic E-state index is 10.9. The lowest BCUT2D eigenvalue weighted by molar-refractivity contribution is -0.131. The summed E-state index contributed by atoms with van der Waals surface area (Å²) in [5, 5.41) is 8.21. The zero-order valence-corrected chi connectivity index (χ0v) is 7.28. The highest BCUT2D eigenvalue weighted by atomic mass is 16.4. The van der Waals surface area contributed by atoms with Gasteiger partial charge in [-0.3, -0.25) is 4.79 Å². The van der Waals surface area contributed by atoms with E-state index in [0.717, 1.165) is 6.08 Å². The van der Waals surface area contributed by atoms with Gasteiger partial charge in [-0.05, 0) is 6.42 Å². The number of nitrogens with zero attached hydrogens (tertiary/aromatic N) is 1. The predicted octanol–water partition coefficient (Wildman–Crippen LogP) is 0.496. The van der Waals surface area contributed by atoms with E-state index in [1.807, 2.05) is 0 Å². The van der Waals surface area contributed by atoms with Crippen molar-refractivity contribution in [2.45, 2.75) is 12.8 Å². The second-order valence-electron chi connectivity index (χ2n) is 2.57. The van der Waals surface area contributed by atoms with Crippen LogP contribution in [-0.2, 0) is 9.59 Å². The first-order valence-corrected chi connectivity index (χ1v) is 3.63. The van der Waals surface area contributed by atoms with E-state index in [4.69, 9.17) is 5.11 Å². The normalized spacial score (nSPS) is 10.2. The Hall–Kier alpha value is -1.32. The highest BCUT2D eigenvalue weighted by Crippen LogP contribution is 1.94. The molecule has 0 aromatic carbocycles. The van der Waals surface area contributed by atoms with Gasteiger partial charge in [-0.2, -0.15) is 0 Å². The van der Waals surface area contributed by atoms with E-state index in [2.05, 4.69) is 0 Å². The van der Waals surface area contributed by atoms with Gasteiger partial charge in [-0.15, -0.1) is 0 Å². The maximum Gasteiger partial charge on any atom is 0.327 e. The van der Waals surface area contributed by atoms with Crippen molar-refractivity contribution in [2.75, 3.05) is 14.1 Å². The summed E-state index contributed by atoms with van der Waals surface area (Å²) in [6.07, 6.45) is 3.35. The van der Waals surface area contributed by atoms with Crippen LogP contribution in [0.15, 0.2) is 12.2 Å². The van der Waals surface area contributed by atoms with Crippen molar-refractivity contribution in [1.29, 1.82) is 0 Å². The summed E-state index contributed by atoms with van der Waals surface area (Å²) in [5.74, 6) is -0.975. The first kappa shape index (κ1) is 10.7. The quantitative estimate of drug-likeness (QED) is 0.626. The fourth-order valence-corrected chi connectivity index (χ4v) is 0.615. The molecule has 0 atom stereocenters. The molecule has 0 radical (unpaired) electrons. The first-order valence-electron chi connectivity index (χ1n) is 3.63. The molecule has 0 unspecified atom stereocenters. The number of amides is 1. The Morgan fingerprint density at radius 2 is 2.00 bits per heavy atom. The van der Waals surface area contributed by atoms with E-state index < -0.39 is 5.97 Å². The molecule has 0 aliphatic rings. The summed E-state index contributed by atoms with van der Waals surface area (Å²) in [6.45, 7) is 0. The molecule has 0 saturated carbocycles. The van der Waals surface area contributed by atoms with Gasteiger partial charge in [0.1, 0.15) is 0 Å². The van der Waals surface area contributed by atoms with Crippen LogP contribution < -0.4 is 0 Å². The molecular weight excluding hydrogens is 158 g/mol. The Kier molecular flexibility index (Phi) is 4.76. The Morgan fingerprint density at radius 1 is 1.42 bits per heavy atom. The number of rotatable bonds is 4. The number of carbonyl (C=O) groups is 2. The van der Waals surface area contributed by atoms with E-state index in [1.165, 1.54) is 11.0 Å². The van der Waals surface area contributed by atoms with E-state index >= 15 is 0 Å². The van der Waals surface area contributed by atoms with Crippen LogP contribution in [0, 0.1) is 0 Å². The molecule has 1 amide bonds. The Balaban J connectivity index is 3.57. The van der Waals surface area contributed by atoms with Gasteiger partial charge in [0.2, 0.25) is 5.91 Å². The van der Waals surface area contributed by atoms with E-state index in [0.29, 0.717) is 12.8 Å². The number of carboxylic acids is 1. The fourth-order valence-electron chi connectivity index (χ4n) is 0.615. The third-order valence-corrected chi connectivity index (χ3v) is 1.28. The molecule has 4 nitrogen and oxygen atoms in total. The van der Waals surface area contributed by atoms with Gasteiger partial charge in [0, 0.05) is 26.6 Å². The average Bonchev–Trinajstić information content (AvgIpc) is 1.97. The summed E-state index contributed by atoms with van der Waals surface area (Å²) in [5.41, 5.74) is 0. The van der Waals surface area contributed by atoms with Gasteiger partial charge in [-0.25, -0.2) is 4.79 Å². The third kappa shape index (κ3) is 5.46. The molecule has 0 rings (SSSR count). The lowest BCUT2D eigenvalue weighted by Crippen LogP contribution is -2.20. The standard InChI is InChI=1S/C8H13NO3/c1-9(2)7(10)5-3-4-6-8(11)12/h4,6H,3,5H2,1-2H3,(H,11,12)/b6-4+. The molecule has 4 heteroatoms. The van der Waals surface area contributed by atoms with Crippen molar-refractivity contribution < 1.29 is 14.7 Å². The minimum Gasteiger partial charge on any atom is -0.478 e. The molecule has 0 fully saturated rings. The number of allylic oxidation sites excluding steroid dienone is 1. The molecule has 12 heavy (non-hydrogen) atoms. The minimum atomic E-state index is -0.979. The van der Waals surface area contributed by atoms with Crippen molar-refractivity contribution in [2.24, 2.45) is 0 Å². The zero-order chi connectivity index (χ0) is 9.56. The highest BCUT2D eigenvalue weighted by molar-refractivity contribution is 5.80. The van der Waals surface area contributed by atoms with Crippen LogP contribution in [0.3, 0.4) is 0 Å². The van der Waals surface area contributed by atoms with Crippen LogP contribution in [-0.4, -0.2) is 36.0 Å². The topological polar surface area (TPSA) is 57.6 Å². The SMILES string of the molecule is CN(C)C(=O)CC/C=C/C(=O)O. The minimum absolute atomic E-state index is 0.00467.